The third-order valence-electron chi connectivity index (χ3n) is 5.70. The number of carbonyl (C=O) groups is 3. The number of thioether (sulfide) groups is 1. The van der Waals surface area contributed by atoms with Crippen molar-refractivity contribution in [1.29, 1.82) is 0 Å². The van der Waals surface area contributed by atoms with E-state index in [1.807, 2.05) is 31.2 Å². The number of unbranched alkanes of at least 4 members (excludes halogenated alkanes) is 1. The molecule has 0 saturated carbocycles. The first-order valence-electron chi connectivity index (χ1n) is 12.2. The minimum Gasteiger partial charge on any atom is -0.462 e. The number of thiophene rings is 1. The minimum absolute atomic E-state index is 0.00180. The number of benzene rings is 1. The summed E-state index contributed by atoms with van der Waals surface area (Å²) in [5.41, 5.74) is 2.31. The van der Waals surface area contributed by atoms with Crippen molar-refractivity contribution >= 4 is 51.6 Å². The molecule has 0 fully saturated rings. The van der Waals surface area contributed by atoms with Crippen molar-refractivity contribution in [2.24, 2.45) is 0 Å². The largest absolute Gasteiger partial charge is 0.462 e. The Balaban J connectivity index is 1.72. The standard InChI is InChI=1S/C26H34N2O4S2/c1-4-7-15-22(29)27-17-11-10-12-18(16-17)33-20(5-2)24(30)28-25-23(26(31)32-6-3)19-13-8-9-14-21(19)34-25/h10-12,16,20H,4-9,13-15H2,1-3H3,(H,27,29)(H,28,30). The number of aryl methyl sites for hydroxylation is 1. The molecule has 6 nitrogen and oxygen atoms in total. The Kier molecular flexibility index (Phi) is 10.0. The lowest BCUT2D eigenvalue weighted by Gasteiger charge is -2.16. The number of carbonyl (C=O) groups excluding carboxylic acids is 3. The highest BCUT2D eigenvalue weighted by atomic mass is 32.2. The van der Waals surface area contributed by atoms with Gasteiger partial charge in [-0.05, 0) is 69.2 Å². The Morgan fingerprint density at radius 3 is 2.65 bits per heavy atom. The van der Waals surface area contributed by atoms with Crippen molar-refractivity contribution in [2.45, 2.75) is 82.3 Å². The number of hydrogen-bond donors (Lipinski definition) is 2. The van der Waals surface area contributed by atoms with Crippen LogP contribution < -0.4 is 10.6 Å². The zero-order valence-electron chi connectivity index (χ0n) is 20.2. The molecule has 1 atom stereocenters. The Morgan fingerprint density at radius 2 is 1.91 bits per heavy atom. The Hall–Kier alpha value is -2.32. The van der Waals surface area contributed by atoms with E-state index in [4.69, 9.17) is 4.74 Å². The number of amides is 2. The Bertz CT molecular complexity index is 1020. The van der Waals surface area contributed by atoms with E-state index in [-0.39, 0.29) is 23.0 Å². The third-order valence-corrected chi connectivity index (χ3v) is 8.27. The van der Waals surface area contributed by atoms with E-state index < -0.39 is 0 Å². The van der Waals surface area contributed by atoms with Gasteiger partial charge in [0.2, 0.25) is 11.8 Å². The van der Waals surface area contributed by atoms with Crippen LogP contribution in [0.15, 0.2) is 29.2 Å². The molecule has 1 aliphatic carbocycles. The van der Waals surface area contributed by atoms with Crippen LogP contribution in [0.2, 0.25) is 0 Å². The summed E-state index contributed by atoms with van der Waals surface area (Å²) >= 11 is 2.96. The average molecular weight is 503 g/mol. The zero-order valence-corrected chi connectivity index (χ0v) is 21.8. The van der Waals surface area contributed by atoms with Crippen molar-refractivity contribution in [2.75, 3.05) is 17.2 Å². The van der Waals surface area contributed by atoms with E-state index in [0.717, 1.165) is 54.7 Å². The molecule has 0 bridgehead atoms. The van der Waals surface area contributed by atoms with E-state index in [0.29, 0.717) is 30.0 Å². The lowest BCUT2D eigenvalue weighted by Crippen LogP contribution is -2.25. The summed E-state index contributed by atoms with van der Waals surface area (Å²) < 4.78 is 5.30. The van der Waals surface area contributed by atoms with E-state index in [9.17, 15) is 14.4 Å². The number of rotatable bonds is 11. The second-order valence-electron chi connectivity index (χ2n) is 8.32. The van der Waals surface area contributed by atoms with Gasteiger partial charge < -0.3 is 15.4 Å². The van der Waals surface area contributed by atoms with Crippen LogP contribution in [0.4, 0.5) is 10.7 Å². The van der Waals surface area contributed by atoms with Crippen LogP contribution in [0.5, 0.6) is 0 Å². The number of nitrogens with one attached hydrogen (secondary N) is 2. The van der Waals surface area contributed by atoms with Crippen molar-refractivity contribution in [3.05, 3.63) is 40.3 Å². The maximum atomic E-state index is 13.2. The fourth-order valence-electron chi connectivity index (χ4n) is 3.96. The first-order chi connectivity index (χ1) is 16.5. The van der Waals surface area contributed by atoms with Crippen molar-refractivity contribution in [3.63, 3.8) is 0 Å². The summed E-state index contributed by atoms with van der Waals surface area (Å²) in [6.07, 6.45) is 6.89. The molecule has 0 radical (unpaired) electrons. The summed E-state index contributed by atoms with van der Waals surface area (Å²) in [4.78, 5) is 40.1. The number of esters is 1. The fraction of sp³-hybridized carbons (Fsp3) is 0.500. The van der Waals surface area contributed by atoms with E-state index in [1.54, 1.807) is 6.92 Å². The van der Waals surface area contributed by atoms with Gasteiger partial charge in [0.15, 0.2) is 0 Å². The molecule has 1 aromatic carbocycles. The molecule has 3 rings (SSSR count). The van der Waals surface area contributed by atoms with Gasteiger partial charge in [-0.15, -0.1) is 23.1 Å². The van der Waals surface area contributed by atoms with E-state index in [2.05, 4.69) is 17.6 Å². The highest BCUT2D eigenvalue weighted by Gasteiger charge is 2.28. The summed E-state index contributed by atoms with van der Waals surface area (Å²) in [6, 6.07) is 7.58. The first-order valence-corrected chi connectivity index (χ1v) is 13.8. The third kappa shape index (κ3) is 6.85. The summed E-state index contributed by atoms with van der Waals surface area (Å²) in [5.74, 6) is -0.486. The molecule has 1 aromatic heterocycles. The molecule has 1 unspecified atom stereocenters. The molecule has 1 heterocycles. The van der Waals surface area contributed by atoms with Gasteiger partial charge in [0.25, 0.3) is 0 Å². The minimum atomic E-state index is -0.357. The number of anilines is 2. The van der Waals surface area contributed by atoms with Crippen LogP contribution in [0.1, 0.15) is 80.1 Å². The van der Waals surface area contributed by atoms with Crippen LogP contribution in [0, 0.1) is 0 Å². The second-order valence-corrected chi connectivity index (χ2v) is 10.7. The monoisotopic (exact) mass is 502 g/mol. The molecule has 34 heavy (non-hydrogen) atoms. The van der Waals surface area contributed by atoms with Crippen molar-refractivity contribution in [3.8, 4) is 0 Å². The highest BCUT2D eigenvalue weighted by molar-refractivity contribution is 8.00. The van der Waals surface area contributed by atoms with Gasteiger partial charge in [0, 0.05) is 21.9 Å². The molecule has 8 heteroatoms. The molecule has 2 aromatic rings. The van der Waals surface area contributed by atoms with Crippen LogP contribution >= 0.6 is 23.1 Å². The maximum absolute atomic E-state index is 13.2. The zero-order chi connectivity index (χ0) is 24.5. The average Bonchev–Trinajstić information content (AvgIpc) is 3.19. The first kappa shape index (κ1) is 26.3. The second kappa shape index (κ2) is 13.0. The van der Waals surface area contributed by atoms with E-state index >= 15 is 0 Å². The molecule has 0 spiro atoms. The number of fused-ring (bicyclic) bond motifs is 1. The molecular formula is C26H34N2O4S2. The molecule has 2 N–H and O–H groups in total. The quantitative estimate of drug-likeness (QED) is 0.273. The lowest BCUT2D eigenvalue weighted by molar-refractivity contribution is -0.116. The predicted octanol–water partition coefficient (Wildman–Crippen LogP) is 6.44. The molecule has 2 amide bonds. The highest BCUT2D eigenvalue weighted by Crippen LogP contribution is 2.39. The SMILES string of the molecule is CCCCC(=O)Nc1cccc(SC(CC)C(=O)Nc2sc3c(c2C(=O)OCC)CCCC3)c1. The molecule has 1 aliphatic rings. The molecule has 0 aliphatic heterocycles. The summed E-state index contributed by atoms with van der Waals surface area (Å²) in [6.45, 7) is 6.12. The number of hydrogen-bond acceptors (Lipinski definition) is 6. The fourth-order valence-corrected chi connectivity index (χ4v) is 6.25. The number of ether oxygens (including phenoxy) is 1. The maximum Gasteiger partial charge on any atom is 0.341 e. The van der Waals surface area contributed by atoms with Gasteiger partial charge in [0.1, 0.15) is 5.00 Å². The van der Waals surface area contributed by atoms with E-state index in [1.165, 1.54) is 28.0 Å². The smallest absolute Gasteiger partial charge is 0.341 e. The lowest BCUT2D eigenvalue weighted by atomic mass is 9.95. The summed E-state index contributed by atoms with van der Waals surface area (Å²) in [5, 5.41) is 6.24. The van der Waals surface area contributed by atoms with Crippen LogP contribution in [-0.4, -0.2) is 29.6 Å². The predicted molar refractivity (Wildman–Crippen MR) is 140 cm³/mol. The molecule has 0 saturated heterocycles. The van der Waals surface area contributed by atoms with Gasteiger partial charge in [-0.3, -0.25) is 9.59 Å². The Labute approximate surface area is 210 Å². The Morgan fingerprint density at radius 1 is 1.12 bits per heavy atom. The molecule has 184 valence electrons. The van der Waals surface area contributed by atoms with Gasteiger partial charge in [-0.2, -0.15) is 0 Å². The molecular weight excluding hydrogens is 468 g/mol. The van der Waals surface area contributed by atoms with Gasteiger partial charge in [-0.1, -0.05) is 26.3 Å². The topological polar surface area (TPSA) is 84.5 Å². The van der Waals surface area contributed by atoms with Crippen molar-refractivity contribution in [1.82, 2.24) is 0 Å². The summed E-state index contributed by atoms with van der Waals surface area (Å²) in [7, 11) is 0. The van der Waals surface area contributed by atoms with Crippen molar-refractivity contribution < 1.29 is 19.1 Å². The van der Waals surface area contributed by atoms with Gasteiger partial charge in [-0.25, -0.2) is 4.79 Å². The van der Waals surface area contributed by atoms with Gasteiger partial charge >= 0.3 is 5.97 Å². The van der Waals surface area contributed by atoms with Crippen LogP contribution in [0.3, 0.4) is 0 Å². The van der Waals surface area contributed by atoms with Crippen LogP contribution in [0.25, 0.3) is 0 Å². The van der Waals surface area contributed by atoms with Gasteiger partial charge in [0.05, 0.1) is 17.4 Å². The normalized spacial score (nSPS) is 13.6. The van der Waals surface area contributed by atoms with Crippen LogP contribution in [-0.2, 0) is 27.2 Å².